The number of nitrogens with zero attached hydrogens (tertiary/aromatic N) is 5. The molecule has 0 aliphatic carbocycles. The minimum Gasteiger partial charge on any atom is -0.444 e. The number of hydrogen-bond donors (Lipinski definition) is 0. The SMILES string of the molecule is O=C1OC(CCCCN2CCN(c3ncccn3)CC2)CN1c1ccccc1. The van der Waals surface area contributed by atoms with Crippen LogP contribution in [-0.4, -0.2) is 66.3 Å². The van der Waals surface area contributed by atoms with Crippen LogP contribution in [-0.2, 0) is 4.74 Å². The lowest BCUT2D eigenvalue weighted by atomic mass is 10.1. The van der Waals surface area contributed by atoms with E-state index in [1.807, 2.05) is 36.4 Å². The van der Waals surface area contributed by atoms with Gasteiger partial charge >= 0.3 is 6.09 Å². The first kappa shape index (κ1) is 18.7. The normalized spacial score (nSPS) is 20.4. The summed E-state index contributed by atoms with van der Waals surface area (Å²) in [4.78, 5) is 27.2. The zero-order chi connectivity index (χ0) is 19.2. The van der Waals surface area contributed by atoms with Crippen molar-refractivity contribution < 1.29 is 9.53 Å². The van der Waals surface area contributed by atoms with Crippen LogP contribution in [0.2, 0.25) is 0 Å². The van der Waals surface area contributed by atoms with Crippen LogP contribution in [0.5, 0.6) is 0 Å². The molecule has 2 saturated heterocycles. The molecule has 0 radical (unpaired) electrons. The van der Waals surface area contributed by atoms with E-state index in [4.69, 9.17) is 4.74 Å². The molecule has 2 fully saturated rings. The number of cyclic esters (lactones) is 1. The Balaban J connectivity index is 1.14. The van der Waals surface area contributed by atoms with Crippen molar-refractivity contribution in [3.8, 4) is 0 Å². The van der Waals surface area contributed by atoms with E-state index in [1.54, 1.807) is 17.3 Å². The number of amides is 1. The molecule has 4 rings (SSSR count). The maximum absolute atomic E-state index is 12.1. The van der Waals surface area contributed by atoms with Crippen molar-refractivity contribution in [3.05, 3.63) is 48.8 Å². The average molecular weight is 381 g/mol. The lowest BCUT2D eigenvalue weighted by Crippen LogP contribution is -2.47. The zero-order valence-corrected chi connectivity index (χ0v) is 16.1. The van der Waals surface area contributed by atoms with Gasteiger partial charge in [0.2, 0.25) is 5.95 Å². The minimum atomic E-state index is -0.226. The first-order chi connectivity index (χ1) is 13.8. The van der Waals surface area contributed by atoms with E-state index in [2.05, 4.69) is 19.8 Å². The van der Waals surface area contributed by atoms with Gasteiger partial charge in [0.15, 0.2) is 0 Å². The molecule has 28 heavy (non-hydrogen) atoms. The molecule has 2 aromatic rings. The number of ether oxygens (including phenoxy) is 1. The quantitative estimate of drug-likeness (QED) is 0.688. The smallest absolute Gasteiger partial charge is 0.414 e. The fraction of sp³-hybridized carbons (Fsp3) is 0.476. The van der Waals surface area contributed by atoms with Gasteiger partial charge in [0.05, 0.1) is 6.54 Å². The summed E-state index contributed by atoms with van der Waals surface area (Å²) < 4.78 is 5.54. The molecule has 1 amide bonds. The number of para-hydroxylation sites is 1. The Morgan fingerprint density at radius 3 is 2.46 bits per heavy atom. The second-order valence-corrected chi connectivity index (χ2v) is 7.33. The van der Waals surface area contributed by atoms with E-state index in [0.717, 1.165) is 63.6 Å². The topological polar surface area (TPSA) is 61.8 Å². The number of carbonyl (C=O) groups is 1. The largest absolute Gasteiger partial charge is 0.444 e. The Hall–Kier alpha value is -2.67. The van der Waals surface area contributed by atoms with Crippen LogP contribution in [0.25, 0.3) is 0 Å². The molecular weight excluding hydrogens is 354 g/mol. The summed E-state index contributed by atoms with van der Waals surface area (Å²) in [7, 11) is 0. The first-order valence-electron chi connectivity index (χ1n) is 10.1. The summed E-state index contributed by atoms with van der Waals surface area (Å²) in [5, 5.41) is 0. The number of carbonyl (C=O) groups excluding carboxylic acids is 1. The van der Waals surface area contributed by atoms with Gasteiger partial charge in [-0.1, -0.05) is 18.2 Å². The molecule has 1 aromatic heterocycles. The van der Waals surface area contributed by atoms with E-state index >= 15 is 0 Å². The molecule has 2 aliphatic rings. The average Bonchev–Trinajstić information content (AvgIpc) is 3.13. The second kappa shape index (κ2) is 9.01. The summed E-state index contributed by atoms with van der Waals surface area (Å²) in [6.45, 7) is 5.76. The lowest BCUT2D eigenvalue weighted by molar-refractivity contribution is 0.134. The van der Waals surface area contributed by atoms with E-state index in [-0.39, 0.29) is 12.2 Å². The zero-order valence-electron chi connectivity index (χ0n) is 16.1. The van der Waals surface area contributed by atoms with Crippen LogP contribution in [0, 0.1) is 0 Å². The highest BCUT2D eigenvalue weighted by Crippen LogP contribution is 2.23. The number of rotatable bonds is 7. The van der Waals surface area contributed by atoms with Crippen molar-refractivity contribution in [3.63, 3.8) is 0 Å². The van der Waals surface area contributed by atoms with Crippen molar-refractivity contribution in [2.24, 2.45) is 0 Å². The number of hydrogen-bond acceptors (Lipinski definition) is 6. The van der Waals surface area contributed by atoms with Crippen LogP contribution in [0.4, 0.5) is 16.4 Å². The fourth-order valence-corrected chi connectivity index (χ4v) is 3.82. The standard InChI is InChI=1S/C21H27N5O2/c27-21-26(18-7-2-1-3-8-18)17-19(28-21)9-4-5-12-24-13-15-25(16-14-24)20-22-10-6-11-23-20/h1-3,6-8,10-11,19H,4-5,9,12-17H2. The number of piperazine rings is 1. The molecule has 0 bridgehead atoms. The molecular formula is C21H27N5O2. The molecule has 148 valence electrons. The maximum Gasteiger partial charge on any atom is 0.414 e. The van der Waals surface area contributed by atoms with Crippen molar-refractivity contribution in [2.75, 3.05) is 49.1 Å². The highest BCUT2D eigenvalue weighted by molar-refractivity contribution is 5.89. The Morgan fingerprint density at radius 1 is 0.964 bits per heavy atom. The van der Waals surface area contributed by atoms with Crippen LogP contribution in [0.3, 0.4) is 0 Å². The third kappa shape index (κ3) is 4.59. The Labute approximate surface area is 165 Å². The van der Waals surface area contributed by atoms with E-state index < -0.39 is 0 Å². The third-order valence-electron chi connectivity index (χ3n) is 5.40. The van der Waals surface area contributed by atoms with Gasteiger partial charge in [-0.05, 0) is 44.0 Å². The van der Waals surface area contributed by atoms with Crippen LogP contribution >= 0.6 is 0 Å². The summed E-state index contributed by atoms with van der Waals surface area (Å²) >= 11 is 0. The predicted octanol–water partition coefficient (Wildman–Crippen LogP) is 2.79. The van der Waals surface area contributed by atoms with Crippen molar-refractivity contribution >= 4 is 17.7 Å². The molecule has 2 aliphatic heterocycles. The van der Waals surface area contributed by atoms with Gasteiger partial charge in [-0.15, -0.1) is 0 Å². The lowest BCUT2D eigenvalue weighted by Gasteiger charge is -2.34. The molecule has 0 spiro atoms. The Kier molecular flexibility index (Phi) is 6.01. The highest BCUT2D eigenvalue weighted by atomic mass is 16.6. The molecule has 0 N–H and O–H groups in total. The molecule has 0 saturated carbocycles. The number of benzene rings is 1. The molecule has 7 heteroatoms. The number of aromatic nitrogens is 2. The van der Waals surface area contributed by atoms with Gasteiger partial charge in [-0.25, -0.2) is 14.8 Å². The van der Waals surface area contributed by atoms with E-state index in [0.29, 0.717) is 6.54 Å². The Bertz CT molecular complexity index is 750. The third-order valence-corrected chi connectivity index (χ3v) is 5.40. The fourth-order valence-electron chi connectivity index (χ4n) is 3.82. The van der Waals surface area contributed by atoms with Gasteiger partial charge < -0.3 is 9.64 Å². The van der Waals surface area contributed by atoms with Gasteiger partial charge in [0.1, 0.15) is 6.10 Å². The monoisotopic (exact) mass is 381 g/mol. The summed E-state index contributed by atoms with van der Waals surface area (Å²) in [5.74, 6) is 0.827. The van der Waals surface area contributed by atoms with Crippen molar-refractivity contribution in [1.82, 2.24) is 14.9 Å². The molecule has 1 aromatic carbocycles. The van der Waals surface area contributed by atoms with Crippen LogP contribution in [0.15, 0.2) is 48.8 Å². The highest BCUT2D eigenvalue weighted by Gasteiger charge is 2.31. The van der Waals surface area contributed by atoms with Crippen molar-refractivity contribution in [1.29, 1.82) is 0 Å². The number of unbranched alkanes of at least 4 members (excludes halogenated alkanes) is 1. The maximum atomic E-state index is 12.1. The van der Waals surface area contributed by atoms with Crippen LogP contribution < -0.4 is 9.80 Å². The number of anilines is 2. The summed E-state index contributed by atoms with van der Waals surface area (Å²) in [6.07, 6.45) is 6.49. The minimum absolute atomic E-state index is 0.000201. The molecule has 3 heterocycles. The van der Waals surface area contributed by atoms with Gasteiger partial charge in [0, 0.05) is 44.3 Å². The molecule has 1 unspecified atom stereocenters. The van der Waals surface area contributed by atoms with Gasteiger partial charge in [-0.2, -0.15) is 0 Å². The predicted molar refractivity (Wildman–Crippen MR) is 109 cm³/mol. The van der Waals surface area contributed by atoms with E-state index in [9.17, 15) is 4.79 Å². The van der Waals surface area contributed by atoms with E-state index in [1.165, 1.54) is 0 Å². The van der Waals surface area contributed by atoms with Crippen molar-refractivity contribution in [2.45, 2.75) is 25.4 Å². The molecule has 1 atom stereocenters. The first-order valence-corrected chi connectivity index (χ1v) is 10.1. The Morgan fingerprint density at radius 2 is 1.71 bits per heavy atom. The molecule has 7 nitrogen and oxygen atoms in total. The van der Waals surface area contributed by atoms with Gasteiger partial charge in [-0.3, -0.25) is 9.80 Å². The van der Waals surface area contributed by atoms with Crippen LogP contribution in [0.1, 0.15) is 19.3 Å². The summed E-state index contributed by atoms with van der Waals surface area (Å²) in [6, 6.07) is 11.6. The van der Waals surface area contributed by atoms with Gasteiger partial charge in [0.25, 0.3) is 0 Å². The summed E-state index contributed by atoms with van der Waals surface area (Å²) in [5.41, 5.74) is 0.912. The second-order valence-electron chi connectivity index (χ2n) is 7.33.